The van der Waals surface area contributed by atoms with Gasteiger partial charge in [0.2, 0.25) is 5.91 Å². The molecule has 0 spiro atoms. The predicted octanol–water partition coefficient (Wildman–Crippen LogP) is 2.37. The lowest BCUT2D eigenvalue weighted by Crippen LogP contribution is -2.25. The Morgan fingerprint density at radius 1 is 1.21 bits per heavy atom. The van der Waals surface area contributed by atoms with Crippen LogP contribution in [0.3, 0.4) is 0 Å². The Hall–Kier alpha value is -1.84. The highest BCUT2D eigenvalue weighted by Crippen LogP contribution is 2.10. The van der Waals surface area contributed by atoms with Crippen molar-refractivity contribution in [3.05, 3.63) is 35.4 Å². The topological polar surface area (TPSA) is 66.4 Å². The van der Waals surface area contributed by atoms with Crippen LogP contribution < -0.4 is 5.32 Å². The lowest BCUT2D eigenvalue weighted by molar-refractivity contribution is -0.138. The van der Waals surface area contributed by atoms with Crippen molar-refractivity contribution in [1.82, 2.24) is 5.32 Å². The van der Waals surface area contributed by atoms with Crippen molar-refractivity contribution >= 4 is 11.9 Å². The molecule has 0 heterocycles. The zero-order chi connectivity index (χ0) is 14.3. The van der Waals surface area contributed by atoms with Gasteiger partial charge in [0, 0.05) is 19.4 Å². The summed E-state index contributed by atoms with van der Waals surface area (Å²) in [6.07, 6.45) is 1.21. The first-order chi connectivity index (χ1) is 9.02. The van der Waals surface area contributed by atoms with Crippen LogP contribution in [0.5, 0.6) is 0 Å². The SMILES string of the molecule is CCc1ccccc1CNC(=O)CC(C)CC(=O)O. The molecule has 0 saturated carbocycles. The number of carbonyl (C=O) groups excluding carboxylic acids is 1. The molecule has 0 bridgehead atoms. The van der Waals surface area contributed by atoms with E-state index in [1.54, 1.807) is 6.92 Å². The van der Waals surface area contributed by atoms with Crippen LogP contribution in [0.15, 0.2) is 24.3 Å². The van der Waals surface area contributed by atoms with Gasteiger partial charge in [-0.1, -0.05) is 38.1 Å². The fraction of sp³-hybridized carbons (Fsp3) is 0.467. The summed E-state index contributed by atoms with van der Waals surface area (Å²) in [6.45, 7) is 4.35. The van der Waals surface area contributed by atoms with Gasteiger partial charge in [-0.2, -0.15) is 0 Å². The van der Waals surface area contributed by atoms with E-state index < -0.39 is 5.97 Å². The van der Waals surface area contributed by atoms with E-state index in [2.05, 4.69) is 18.3 Å². The fourth-order valence-corrected chi connectivity index (χ4v) is 2.03. The molecule has 1 atom stereocenters. The Morgan fingerprint density at radius 3 is 2.42 bits per heavy atom. The van der Waals surface area contributed by atoms with E-state index in [0.29, 0.717) is 6.54 Å². The van der Waals surface area contributed by atoms with Crippen LogP contribution >= 0.6 is 0 Å². The first kappa shape index (κ1) is 15.2. The molecule has 2 N–H and O–H groups in total. The third kappa shape index (κ3) is 5.55. The molecular weight excluding hydrogens is 242 g/mol. The minimum absolute atomic E-state index is 0.0268. The van der Waals surface area contributed by atoms with Crippen molar-refractivity contribution in [2.45, 2.75) is 39.7 Å². The van der Waals surface area contributed by atoms with Gasteiger partial charge in [0.15, 0.2) is 0 Å². The minimum atomic E-state index is -0.864. The van der Waals surface area contributed by atoms with Gasteiger partial charge >= 0.3 is 5.97 Å². The van der Waals surface area contributed by atoms with E-state index in [1.807, 2.05) is 18.2 Å². The number of carbonyl (C=O) groups is 2. The second kappa shape index (κ2) is 7.56. The first-order valence-corrected chi connectivity index (χ1v) is 6.58. The van der Waals surface area contributed by atoms with E-state index in [4.69, 9.17) is 5.11 Å². The Bertz CT molecular complexity index is 443. The molecule has 0 aliphatic rings. The molecule has 1 unspecified atom stereocenters. The third-order valence-electron chi connectivity index (χ3n) is 3.03. The summed E-state index contributed by atoms with van der Waals surface area (Å²) in [5.74, 6) is -1.10. The maximum Gasteiger partial charge on any atom is 0.303 e. The van der Waals surface area contributed by atoms with E-state index in [-0.39, 0.29) is 24.7 Å². The molecule has 1 rings (SSSR count). The Morgan fingerprint density at radius 2 is 1.84 bits per heavy atom. The molecule has 4 heteroatoms. The molecule has 1 aromatic rings. The van der Waals surface area contributed by atoms with Crippen molar-refractivity contribution in [3.63, 3.8) is 0 Å². The molecule has 0 aliphatic carbocycles. The number of hydrogen-bond donors (Lipinski definition) is 2. The second-order valence-corrected chi connectivity index (χ2v) is 4.81. The fourth-order valence-electron chi connectivity index (χ4n) is 2.03. The summed E-state index contributed by atoms with van der Waals surface area (Å²) in [4.78, 5) is 22.2. The quantitative estimate of drug-likeness (QED) is 0.793. The van der Waals surface area contributed by atoms with Gasteiger partial charge in [0.05, 0.1) is 0 Å². The summed E-state index contributed by atoms with van der Waals surface area (Å²) in [6, 6.07) is 7.99. The Kier molecular flexibility index (Phi) is 6.06. The Labute approximate surface area is 113 Å². The van der Waals surface area contributed by atoms with Crippen molar-refractivity contribution in [1.29, 1.82) is 0 Å². The highest BCUT2D eigenvalue weighted by molar-refractivity contribution is 5.77. The highest BCUT2D eigenvalue weighted by Gasteiger charge is 2.12. The van der Waals surface area contributed by atoms with Crippen LogP contribution in [0.2, 0.25) is 0 Å². The van der Waals surface area contributed by atoms with Crippen LogP contribution in [0.25, 0.3) is 0 Å². The number of nitrogens with one attached hydrogen (secondary N) is 1. The molecule has 0 saturated heterocycles. The normalized spacial score (nSPS) is 11.9. The Balaban J connectivity index is 2.43. The van der Waals surface area contributed by atoms with Crippen LogP contribution in [0, 0.1) is 5.92 Å². The molecule has 0 radical (unpaired) electrons. The monoisotopic (exact) mass is 263 g/mol. The molecule has 0 fully saturated rings. The largest absolute Gasteiger partial charge is 0.481 e. The van der Waals surface area contributed by atoms with Gasteiger partial charge in [-0.3, -0.25) is 9.59 Å². The number of carboxylic acids is 1. The zero-order valence-corrected chi connectivity index (χ0v) is 11.5. The number of carboxylic acid groups (broad SMARTS) is 1. The zero-order valence-electron chi connectivity index (χ0n) is 11.5. The molecule has 1 amide bonds. The molecule has 0 aliphatic heterocycles. The second-order valence-electron chi connectivity index (χ2n) is 4.81. The average molecular weight is 263 g/mol. The van der Waals surface area contributed by atoms with Crippen LogP contribution in [0.1, 0.15) is 37.8 Å². The molecule has 104 valence electrons. The number of rotatable bonds is 7. The lowest BCUT2D eigenvalue weighted by Gasteiger charge is -2.11. The van der Waals surface area contributed by atoms with Crippen LogP contribution in [0.4, 0.5) is 0 Å². The van der Waals surface area contributed by atoms with Crippen molar-refractivity contribution in [2.24, 2.45) is 5.92 Å². The molecular formula is C15H21NO3. The van der Waals surface area contributed by atoms with E-state index in [1.165, 1.54) is 5.56 Å². The predicted molar refractivity (Wildman–Crippen MR) is 73.7 cm³/mol. The van der Waals surface area contributed by atoms with E-state index in [0.717, 1.165) is 12.0 Å². The summed E-state index contributed by atoms with van der Waals surface area (Å²) < 4.78 is 0. The number of aliphatic carboxylic acids is 1. The summed E-state index contributed by atoms with van der Waals surface area (Å²) in [5, 5.41) is 11.5. The summed E-state index contributed by atoms with van der Waals surface area (Å²) in [5.41, 5.74) is 2.34. The van der Waals surface area contributed by atoms with Gasteiger partial charge in [-0.15, -0.1) is 0 Å². The molecule has 4 nitrogen and oxygen atoms in total. The standard InChI is InChI=1S/C15H21NO3/c1-3-12-6-4-5-7-13(12)10-16-14(17)8-11(2)9-15(18)19/h4-7,11H,3,8-10H2,1-2H3,(H,16,17)(H,18,19). The summed E-state index contributed by atoms with van der Waals surface area (Å²) >= 11 is 0. The van der Waals surface area contributed by atoms with Gasteiger partial charge in [0.25, 0.3) is 0 Å². The third-order valence-corrected chi connectivity index (χ3v) is 3.03. The van der Waals surface area contributed by atoms with E-state index in [9.17, 15) is 9.59 Å². The first-order valence-electron chi connectivity index (χ1n) is 6.58. The van der Waals surface area contributed by atoms with Crippen molar-refractivity contribution in [3.8, 4) is 0 Å². The average Bonchev–Trinajstić information content (AvgIpc) is 2.35. The number of hydrogen-bond acceptors (Lipinski definition) is 2. The van der Waals surface area contributed by atoms with Gasteiger partial charge in [0.1, 0.15) is 0 Å². The maximum absolute atomic E-state index is 11.7. The van der Waals surface area contributed by atoms with Crippen molar-refractivity contribution < 1.29 is 14.7 Å². The van der Waals surface area contributed by atoms with Gasteiger partial charge < -0.3 is 10.4 Å². The molecule has 19 heavy (non-hydrogen) atoms. The summed E-state index contributed by atoms with van der Waals surface area (Å²) in [7, 11) is 0. The minimum Gasteiger partial charge on any atom is -0.481 e. The molecule has 0 aromatic heterocycles. The van der Waals surface area contributed by atoms with Gasteiger partial charge in [-0.25, -0.2) is 0 Å². The van der Waals surface area contributed by atoms with Crippen LogP contribution in [-0.2, 0) is 22.6 Å². The molecule has 1 aromatic carbocycles. The number of benzene rings is 1. The number of amides is 1. The smallest absolute Gasteiger partial charge is 0.303 e. The van der Waals surface area contributed by atoms with E-state index >= 15 is 0 Å². The highest BCUT2D eigenvalue weighted by atomic mass is 16.4. The van der Waals surface area contributed by atoms with Crippen LogP contribution in [-0.4, -0.2) is 17.0 Å². The lowest BCUT2D eigenvalue weighted by atomic mass is 10.0. The van der Waals surface area contributed by atoms with Crippen molar-refractivity contribution in [2.75, 3.05) is 0 Å². The van der Waals surface area contributed by atoms with Gasteiger partial charge in [-0.05, 0) is 23.5 Å². The number of aryl methyl sites for hydroxylation is 1. The maximum atomic E-state index is 11.7.